The average Bonchev–Trinajstić information content (AvgIpc) is 3.02. The zero-order valence-electron chi connectivity index (χ0n) is 11.7. The second kappa shape index (κ2) is 4.21. The van der Waals surface area contributed by atoms with Crippen molar-refractivity contribution in [3.05, 3.63) is 41.8 Å². The third-order valence-corrected chi connectivity index (χ3v) is 4.14. The van der Waals surface area contributed by atoms with E-state index in [1.165, 1.54) is 22.5 Å². The van der Waals surface area contributed by atoms with E-state index in [0.717, 1.165) is 23.9 Å². The Kier molecular flexibility index (Phi) is 2.47. The van der Waals surface area contributed by atoms with Crippen molar-refractivity contribution in [3.63, 3.8) is 0 Å². The van der Waals surface area contributed by atoms with Crippen LogP contribution >= 0.6 is 0 Å². The fraction of sp³-hybridized carbons (Fsp3) is 0.312. The first-order valence-corrected chi connectivity index (χ1v) is 7.01. The minimum atomic E-state index is 0.325. The molecule has 0 saturated heterocycles. The van der Waals surface area contributed by atoms with Crippen LogP contribution in [0.4, 0.5) is 0 Å². The molecule has 20 heavy (non-hydrogen) atoms. The molecule has 4 rings (SSSR count). The second-order valence-electron chi connectivity index (χ2n) is 5.44. The van der Waals surface area contributed by atoms with Gasteiger partial charge in [-0.2, -0.15) is 5.10 Å². The molecule has 2 aromatic heterocycles. The molecule has 3 aromatic rings. The largest absolute Gasteiger partial charge is 0.464 e. The number of hydrogen-bond acceptors (Lipinski definition) is 3. The van der Waals surface area contributed by atoms with Crippen LogP contribution in [-0.2, 0) is 13.5 Å². The summed E-state index contributed by atoms with van der Waals surface area (Å²) in [6.07, 6.45) is 2.76. The predicted molar refractivity (Wildman–Crippen MR) is 78.5 cm³/mol. The molecule has 4 heteroatoms. The van der Waals surface area contributed by atoms with E-state index in [0.29, 0.717) is 6.04 Å². The van der Waals surface area contributed by atoms with Crippen LogP contribution in [-0.4, -0.2) is 16.3 Å². The number of furan rings is 1. The molecule has 4 nitrogen and oxygen atoms in total. The Morgan fingerprint density at radius 2 is 2.25 bits per heavy atom. The molecule has 0 saturated carbocycles. The Bertz CT molecular complexity index is 784. The number of rotatable bonds is 1. The van der Waals surface area contributed by atoms with Gasteiger partial charge in [-0.05, 0) is 32.0 Å². The second-order valence-corrected chi connectivity index (χ2v) is 5.44. The molecule has 1 aliphatic rings. The van der Waals surface area contributed by atoms with Crippen molar-refractivity contribution in [1.82, 2.24) is 15.1 Å². The van der Waals surface area contributed by atoms with Gasteiger partial charge in [0, 0.05) is 29.6 Å². The first-order chi connectivity index (χ1) is 9.74. The molecule has 0 amide bonds. The lowest BCUT2D eigenvalue weighted by Crippen LogP contribution is -2.27. The number of fused-ring (bicyclic) bond motifs is 2. The van der Waals surface area contributed by atoms with Gasteiger partial charge in [0.1, 0.15) is 5.58 Å². The van der Waals surface area contributed by atoms with Crippen LogP contribution in [0.5, 0.6) is 0 Å². The summed E-state index contributed by atoms with van der Waals surface area (Å²) >= 11 is 0. The van der Waals surface area contributed by atoms with Gasteiger partial charge in [-0.3, -0.25) is 4.68 Å². The maximum absolute atomic E-state index is 5.52. The van der Waals surface area contributed by atoms with Crippen LogP contribution in [0.1, 0.15) is 24.2 Å². The maximum atomic E-state index is 5.52. The lowest BCUT2D eigenvalue weighted by atomic mass is 9.97. The predicted octanol–water partition coefficient (Wildman–Crippen LogP) is 3.04. The molecule has 0 radical (unpaired) electrons. The van der Waals surface area contributed by atoms with Crippen LogP contribution in [0.15, 0.2) is 34.9 Å². The normalized spacial score (nSPS) is 18.4. The summed E-state index contributed by atoms with van der Waals surface area (Å²) in [7, 11) is 2.02. The molecular formula is C16H17N3O. The van der Waals surface area contributed by atoms with Crippen LogP contribution in [0, 0.1) is 0 Å². The third-order valence-electron chi connectivity index (χ3n) is 4.14. The lowest BCUT2D eigenvalue weighted by molar-refractivity contribution is 0.525. The fourth-order valence-corrected chi connectivity index (χ4v) is 3.16. The fourth-order valence-electron chi connectivity index (χ4n) is 3.16. The van der Waals surface area contributed by atoms with E-state index in [-0.39, 0.29) is 0 Å². The van der Waals surface area contributed by atoms with Crippen molar-refractivity contribution in [2.45, 2.75) is 19.4 Å². The number of nitrogens with zero attached hydrogens (tertiary/aromatic N) is 2. The number of aryl methyl sites for hydroxylation is 1. The van der Waals surface area contributed by atoms with E-state index in [4.69, 9.17) is 9.52 Å². The average molecular weight is 267 g/mol. The van der Waals surface area contributed by atoms with Gasteiger partial charge in [-0.1, -0.05) is 12.1 Å². The number of nitrogens with one attached hydrogen (secondary N) is 1. The van der Waals surface area contributed by atoms with Crippen molar-refractivity contribution < 1.29 is 4.42 Å². The molecule has 1 aliphatic heterocycles. The van der Waals surface area contributed by atoms with Gasteiger partial charge < -0.3 is 9.73 Å². The number of benzene rings is 1. The lowest BCUT2D eigenvalue weighted by Gasteiger charge is -2.19. The van der Waals surface area contributed by atoms with E-state index >= 15 is 0 Å². The highest BCUT2D eigenvalue weighted by Crippen LogP contribution is 2.33. The first kappa shape index (κ1) is 11.7. The highest BCUT2D eigenvalue weighted by molar-refractivity contribution is 5.83. The van der Waals surface area contributed by atoms with Crippen LogP contribution < -0.4 is 5.32 Å². The van der Waals surface area contributed by atoms with Gasteiger partial charge in [0.15, 0.2) is 0 Å². The maximum Gasteiger partial charge on any atom is 0.134 e. The van der Waals surface area contributed by atoms with Gasteiger partial charge in [0.25, 0.3) is 0 Å². The van der Waals surface area contributed by atoms with Crippen molar-refractivity contribution in [3.8, 4) is 11.3 Å². The van der Waals surface area contributed by atoms with Gasteiger partial charge in [0.05, 0.1) is 17.7 Å². The van der Waals surface area contributed by atoms with Gasteiger partial charge in [-0.25, -0.2) is 0 Å². The summed E-state index contributed by atoms with van der Waals surface area (Å²) in [6, 6.07) is 8.69. The molecular weight excluding hydrogens is 250 g/mol. The molecule has 1 atom stereocenters. The minimum Gasteiger partial charge on any atom is -0.464 e. The minimum absolute atomic E-state index is 0.325. The molecule has 0 bridgehead atoms. The summed E-state index contributed by atoms with van der Waals surface area (Å²) in [6.45, 7) is 3.18. The highest BCUT2D eigenvalue weighted by Gasteiger charge is 2.24. The van der Waals surface area contributed by atoms with E-state index < -0.39 is 0 Å². The Balaban J connectivity index is 1.93. The molecule has 102 valence electrons. The molecule has 0 unspecified atom stereocenters. The van der Waals surface area contributed by atoms with E-state index in [1.54, 1.807) is 6.26 Å². The van der Waals surface area contributed by atoms with Gasteiger partial charge in [-0.15, -0.1) is 0 Å². The zero-order valence-corrected chi connectivity index (χ0v) is 11.7. The monoisotopic (exact) mass is 267 g/mol. The quantitative estimate of drug-likeness (QED) is 0.737. The molecule has 0 fully saturated rings. The van der Waals surface area contributed by atoms with Crippen molar-refractivity contribution in [1.29, 1.82) is 0 Å². The van der Waals surface area contributed by atoms with Crippen LogP contribution in [0.2, 0.25) is 0 Å². The van der Waals surface area contributed by atoms with Gasteiger partial charge >= 0.3 is 0 Å². The number of hydrogen-bond donors (Lipinski definition) is 1. The summed E-state index contributed by atoms with van der Waals surface area (Å²) in [5, 5.41) is 9.30. The van der Waals surface area contributed by atoms with Crippen LogP contribution in [0.25, 0.3) is 22.2 Å². The van der Waals surface area contributed by atoms with Crippen molar-refractivity contribution in [2.75, 3.05) is 6.54 Å². The van der Waals surface area contributed by atoms with E-state index in [2.05, 4.69) is 30.4 Å². The smallest absolute Gasteiger partial charge is 0.134 e. The Labute approximate surface area is 117 Å². The summed E-state index contributed by atoms with van der Waals surface area (Å²) in [5.74, 6) is 0. The number of aromatic nitrogens is 2. The van der Waals surface area contributed by atoms with Gasteiger partial charge in [0.2, 0.25) is 0 Å². The first-order valence-electron chi connectivity index (χ1n) is 7.01. The molecule has 0 spiro atoms. The molecule has 1 aromatic carbocycles. The van der Waals surface area contributed by atoms with Crippen LogP contribution in [0.3, 0.4) is 0 Å². The van der Waals surface area contributed by atoms with Crippen molar-refractivity contribution >= 4 is 11.0 Å². The Hall–Kier alpha value is -2.07. The van der Waals surface area contributed by atoms with E-state index in [9.17, 15) is 0 Å². The summed E-state index contributed by atoms with van der Waals surface area (Å²) < 4.78 is 7.52. The summed E-state index contributed by atoms with van der Waals surface area (Å²) in [4.78, 5) is 0. The summed E-state index contributed by atoms with van der Waals surface area (Å²) in [5.41, 5.74) is 5.86. The van der Waals surface area contributed by atoms with E-state index in [1.807, 2.05) is 17.8 Å². The molecule has 0 aliphatic carbocycles. The Morgan fingerprint density at radius 3 is 3.15 bits per heavy atom. The van der Waals surface area contributed by atoms with Crippen molar-refractivity contribution in [2.24, 2.45) is 7.05 Å². The molecule has 3 heterocycles. The topological polar surface area (TPSA) is 43.0 Å². The SMILES string of the molecule is C[C@@H]1NCCc2c1nn(C)c2-c1ccc2ccoc2c1. The molecule has 1 N–H and O–H groups in total. The Morgan fingerprint density at radius 1 is 1.35 bits per heavy atom. The standard InChI is InChI=1S/C16H17N3O/c1-10-15-13(5-7-17-10)16(19(2)18-15)12-4-3-11-6-8-20-14(11)9-12/h3-4,6,8-10,17H,5,7H2,1-2H3/t10-/m0/s1. The zero-order chi connectivity index (χ0) is 13.7. The highest BCUT2D eigenvalue weighted by atomic mass is 16.3. The third kappa shape index (κ3) is 1.61.